The molecule has 11 heteroatoms. The zero-order valence-corrected chi connectivity index (χ0v) is 19.1. The quantitative estimate of drug-likeness (QED) is 0.261. The van der Waals surface area contributed by atoms with Crippen molar-refractivity contribution in [2.75, 3.05) is 18.5 Å². The van der Waals surface area contributed by atoms with Gasteiger partial charge in [0.15, 0.2) is 11.5 Å². The molecule has 2 aromatic heterocycles. The lowest BCUT2D eigenvalue weighted by molar-refractivity contribution is -0.137. The number of hydrogen-bond donors (Lipinski definition) is 1. The van der Waals surface area contributed by atoms with Gasteiger partial charge in [-0.1, -0.05) is 13.0 Å². The smallest absolute Gasteiger partial charge is 0.416 e. The highest BCUT2D eigenvalue weighted by atomic mass is 19.4. The maximum atomic E-state index is 14.3. The Labute approximate surface area is 203 Å². The van der Waals surface area contributed by atoms with Gasteiger partial charge in [0.2, 0.25) is 5.88 Å². The number of alkyl halides is 3. The van der Waals surface area contributed by atoms with Gasteiger partial charge in [0, 0.05) is 18.8 Å². The molecule has 2 aromatic carbocycles. The molecule has 0 aliphatic carbocycles. The first-order valence-corrected chi connectivity index (χ1v) is 11.1. The molecule has 0 bridgehead atoms. The lowest BCUT2D eigenvalue weighted by atomic mass is 10.1. The molecular formula is C25H21F5N4O2. The van der Waals surface area contributed by atoms with Crippen molar-refractivity contribution in [3.63, 3.8) is 0 Å². The standard InChI is InChI=1S/C25H21F5N4O2/c1-2-11-35-20-12-15(3-6-19(20)36-21-13-16(8-10-31-21)25(28,29)30)7-9-32-24-22-17(26)4-5-18(27)23(22)33-14-34-24/h3-6,8,10,12-14H,2,7,9,11H2,1H3,(H,32,33,34). The topological polar surface area (TPSA) is 69.2 Å². The van der Waals surface area contributed by atoms with Gasteiger partial charge < -0.3 is 14.8 Å². The molecule has 4 aromatic rings. The van der Waals surface area contributed by atoms with E-state index in [2.05, 4.69) is 20.3 Å². The number of halogens is 5. The number of anilines is 1. The highest BCUT2D eigenvalue weighted by molar-refractivity contribution is 5.89. The molecule has 1 N–H and O–H groups in total. The van der Waals surface area contributed by atoms with E-state index in [1.807, 2.05) is 6.92 Å². The average molecular weight is 504 g/mol. The minimum atomic E-state index is -4.52. The van der Waals surface area contributed by atoms with Crippen molar-refractivity contribution in [1.82, 2.24) is 15.0 Å². The van der Waals surface area contributed by atoms with E-state index >= 15 is 0 Å². The number of nitrogens with zero attached hydrogens (tertiary/aromatic N) is 3. The number of ether oxygens (including phenoxy) is 2. The summed E-state index contributed by atoms with van der Waals surface area (Å²) in [7, 11) is 0. The van der Waals surface area contributed by atoms with E-state index in [1.165, 1.54) is 0 Å². The third-order valence-corrected chi connectivity index (χ3v) is 5.14. The zero-order chi connectivity index (χ0) is 25.7. The van der Waals surface area contributed by atoms with Crippen molar-refractivity contribution in [2.24, 2.45) is 0 Å². The summed E-state index contributed by atoms with van der Waals surface area (Å²) in [6, 6.07) is 8.71. The van der Waals surface area contributed by atoms with Crippen LogP contribution in [0.4, 0.5) is 27.8 Å². The van der Waals surface area contributed by atoms with Crippen LogP contribution in [0, 0.1) is 11.6 Å². The van der Waals surface area contributed by atoms with Crippen LogP contribution in [-0.4, -0.2) is 28.1 Å². The van der Waals surface area contributed by atoms with Gasteiger partial charge in [0.25, 0.3) is 0 Å². The van der Waals surface area contributed by atoms with Crippen LogP contribution in [0.25, 0.3) is 10.9 Å². The Bertz CT molecular complexity index is 1360. The zero-order valence-electron chi connectivity index (χ0n) is 19.1. The number of nitrogens with one attached hydrogen (secondary N) is 1. The molecule has 188 valence electrons. The number of fused-ring (bicyclic) bond motifs is 1. The summed E-state index contributed by atoms with van der Waals surface area (Å²) in [4.78, 5) is 11.7. The fourth-order valence-corrected chi connectivity index (χ4v) is 3.43. The normalized spacial score (nSPS) is 11.5. The Kier molecular flexibility index (Phi) is 7.47. The molecule has 0 saturated carbocycles. The average Bonchev–Trinajstić information content (AvgIpc) is 2.86. The van der Waals surface area contributed by atoms with E-state index < -0.39 is 23.4 Å². The molecule has 0 fully saturated rings. The van der Waals surface area contributed by atoms with Crippen molar-refractivity contribution in [3.8, 4) is 17.4 Å². The molecule has 0 radical (unpaired) electrons. The van der Waals surface area contributed by atoms with Gasteiger partial charge in [-0.05, 0) is 48.7 Å². The summed E-state index contributed by atoms with van der Waals surface area (Å²) < 4.78 is 78.6. The summed E-state index contributed by atoms with van der Waals surface area (Å²) in [6.07, 6.45) is -1.19. The fraction of sp³-hybridized carbons (Fsp3) is 0.240. The maximum absolute atomic E-state index is 14.3. The van der Waals surface area contributed by atoms with Crippen LogP contribution in [0.3, 0.4) is 0 Å². The Morgan fingerprint density at radius 3 is 2.50 bits per heavy atom. The van der Waals surface area contributed by atoms with Crippen molar-refractivity contribution >= 4 is 16.7 Å². The largest absolute Gasteiger partial charge is 0.490 e. The summed E-state index contributed by atoms with van der Waals surface area (Å²) in [6.45, 7) is 2.60. The molecule has 0 saturated heterocycles. The summed E-state index contributed by atoms with van der Waals surface area (Å²) >= 11 is 0. The molecule has 6 nitrogen and oxygen atoms in total. The first kappa shape index (κ1) is 25.1. The number of aromatic nitrogens is 3. The van der Waals surface area contributed by atoms with E-state index in [-0.39, 0.29) is 28.4 Å². The highest BCUT2D eigenvalue weighted by Crippen LogP contribution is 2.35. The lowest BCUT2D eigenvalue weighted by Crippen LogP contribution is -2.08. The second kappa shape index (κ2) is 10.7. The second-order valence-electron chi connectivity index (χ2n) is 7.76. The Hall–Kier alpha value is -4.02. The van der Waals surface area contributed by atoms with Crippen molar-refractivity contribution in [2.45, 2.75) is 25.9 Å². The van der Waals surface area contributed by atoms with Gasteiger partial charge in [-0.3, -0.25) is 0 Å². The van der Waals surface area contributed by atoms with Crippen molar-refractivity contribution < 1.29 is 31.4 Å². The minimum Gasteiger partial charge on any atom is -0.490 e. The molecule has 0 unspecified atom stereocenters. The molecule has 2 heterocycles. The number of rotatable bonds is 9. The van der Waals surface area contributed by atoms with Crippen LogP contribution in [0.1, 0.15) is 24.5 Å². The Morgan fingerprint density at radius 2 is 1.72 bits per heavy atom. The van der Waals surface area contributed by atoms with Gasteiger partial charge in [0.1, 0.15) is 29.3 Å². The van der Waals surface area contributed by atoms with Crippen LogP contribution in [0.5, 0.6) is 17.4 Å². The van der Waals surface area contributed by atoms with E-state index in [0.717, 1.165) is 42.4 Å². The molecule has 0 amide bonds. The third kappa shape index (κ3) is 5.78. The van der Waals surface area contributed by atoms with E-state index in [1.54, 1.807) is 18.2 Å². The molecular weight excluding hydrogens is 483 g/mol. The van der Waals surface area contributed by atoms with Crippen LogP contribution >= 0.6 is 0 Å². The maximum Gasteiger partial charge on any atom is 0.416 e. The van der Waals surface area contributed by atoms with Gasteiger partial charge in [-0.25, -0.2) is 23.7 Å². The lowest BCUT2D eigenvalue weighted by Gasteiger charge is -2.15. The van der Waals surface area contributed by atoms with E-state index in [4.69, 9.17) is 9.47 Å². The van der Waals surface area contributed by atoms with Gasteiger partial charge in [-0.15, -0.1) is 0 Å². The summed E-state index contributed by atoms with van der Waals surface area (Å²) in [5, 5.41) is 2.96. The second-order valence-corrected chi connectivity index (χ2v) is 7.76. The molecule has 36 heavy (non-hydrogen) atoms. The minimum absolute atomic E-state index is 0.0400. The summed E-state index contributed by atoms with van der Waals surface area (Å²) in [5.41, 5.74) is -0.185. The first-order chi connectivity index (χ1) is 17.3. The molecule has 0 aliphatic rings. The number of hydrogen-bond acceptors (Lipinski definition) is 6. The first-order valence-electron chi connectivity index (χ1n) is 11.1. The van der Waals surface area contributed by atoms with Crippen molar-refractivity contribution in [3.05, 3.63) is 77.8 Å². The molecule has 4 rings (SSSR count). The van der Waals surface area contributed by atoms with Crippen molar-refractivity contribution in [1.29, 1.82) is 0 Å². The fourth-order valence-electron chi connectivity index (χ4n) is 3.43. The van der Waals surface area contributed by atoms with Gasteiger partial charge >= 0.3 is 6.18 Å². The third-order valence-electron chi connectivity index (χ3n) is 5.14. The van der Waals surface area contributed by atoms with Crippen LogP contribution < -0.4 is 14.8 Å². The summed E-state index contributed by atoms with van der Waals surface area (Å²) in [5.74, 6) is -0.795. The SMILES string of the molecule is CCCOc1cc(CCNc2ncnc3c(F)ccc(F)c23)ccc1Oc1cc(C(F)(F)F)ccn1. The van der Waals surface area contributed by atoms with E-state index in [0.29, 0.717) is 31.7 Å². The molecule has 0 atom stereocenters. The van der Waals surface area contributed by atoms with Gasteiger partial charge in [-0.2, -0.15) is 13.2 Å². The molecule has 0 spiro atoms. The monoisotopic (exact) mass is 504 g/mol. The predicted molar refractivity (Wildman–Crippen MR) is 123 cm³/mol. The Balaban J connectivity index is 1.50. The van der Waals surface area contributed by atoms with Crippen LogP contribution in [-0.2, 0) is 12.6 Å². The predicted octanol–water partition coefficient (Wildman–Crippen LogP) is 6.56. The number of pyridine rings is 1. The van der Waals surface area contributed by atoms with E-state index in [9.17, 15) is 22.0 Å². The highest BCUT2D eigenvalue weighted by Gasteiger charge is 2.31. The van der Waals surface area contributed by atoms with Crippen LogP contribution in [0.2, 0.25) is 0 Å². The van der Waals surface area contributed by atoms with Crippen LogP contribution in [0.15, 0.2) is 55.0 Å². The number of benzene rings is 2. The van der Waals surface area contributed by atoms with Gasteiger partial charge in [0.05, 0.1) is 17.6 Å². The Morgan fingerprint density at radius 1 is 0.917 bits per heavy atom. The molecule has 0 aliphatic heterocycles.